The molecule has 0 aromatic carbocycles. The third kappa shape index (κ3) is 3.98. The third-order valence-corrected chi connectivity index (χ3v) is 5.14. The summed E-state index contributed by atoms with van der Waals surface area (Å²) in [6.07, 6.45) is -4.25. The zero-order valence-corrected chi connectivity index (χ0v) is 15.0. The molecule has 0 bridgehead atoms. The maximum absolute atomic E-state index is 11.9. The van der Waals surface area contributed by atoms with E-state index in [4.69, 9.17) is 9.47 Å². The summed E-state index contributed by atoms with van der Waals surface area (Å²) in [5.41, 5.74) is -0.440. The Kier molecular flexibility index (Phi) is 6.94. The maximum atomic E-state index is 11.9. The van der Waals surface area contributed by atoms with Gasteiger partial charge >= 0.3 is 5.97 Å². The van der Waals surface area contributed by atoms with Crippen molar-refractivity contribution in [2.45, 2.75) is 48.7 Å². The molecule has 1 aromatic rings. The monoisotopic (exact) mass is 384 g/mol. The smallest absolute Gasteiger partial charge is 0.340 e. The molecule has 0 radical (unpaired) electrons. The summed E-state index contributed by atoms with van der Waals surface area (Å²) in [6.45, 7) is 2.86. The molecule has 5 atom stereocenters. The van der Waals surface area contributed by atoms with Crippen molar-refractivity contribution >= 4 is 17.7 Å². The van der Waals surface area contributed by atoms with Crippen molar-refractivity contribution in [1.29, 1.82) is 5.26 Å². The minimum atomic E-state index is -1.52. The number of carbonyl (C=O) groups is 1. The molecule has 2 rings (SSSR count). The van der Waals surface area contributed by atoms with Gasteiger partial charge in [-0.15, -0.1) is 0 Å². The number of aromatic nitrogens is 1. The molecular formula is C16H20N2O7S. The first kappa shape index (κ1) is 20.6. The summed E-state index contributed by atoms with van der Waals surface area (Å²) in [7, 11) is 0. The number of nitrogens with zero attached hydrogens (tertiary/aromatic N) is 2. The van der Waals surface area contributed by atoms with E-state index in [-0.39, 0.29) is 22.8 Å². The minimum Gasteiger partial charge on any atom is -0.462 e. The number of pyridine rings is 1. The molecule has 4 N–H and O–H groups in total. The SMILES string of the molecule is CCOC(=O)c1cnc(S[C@@H]2O[C@H](CO)[C@@H](O)[C@H](O)[C@H]2O)c(C#N)c1C. The van der Waals surface area contributed by atoms with Crippen LogP contribution in [0.3, 0.4) is 0 Å². The largest absolute Gasteiger partial charge is 0.462 e. The summed E-state index contributed by atoms with van der Waals surface area (Å²) in [6, 6.07) is 1.96. The van der Waals surface area contributed by atoms with Gasteiger partial charge in [0.2, 0.25) is 0 Å². The second kappa shape index (κ2) is 8.77. The molecule has 1 aromatic heterocycles. The summed E-state index contributed by atoms with van der Waals surface area (Å²) in [4.78, 5) is 16.0. The lowest BCUT2D eigenvalue weighted by Crippen LogP contribution is -2.57. The fourth-order valence-electron chi connectivity index (χ4n) is 2.49. The third-order valence-electron chi connectivity index (χ3n) is 3.99. The van der Waals surface area contributed by atoms with Crippen LogP contribution in [0.15, 0.2) is 11.2 Å². The van der Waals surface area contributed by atoms with Crippen molar-refractivity contribution in [2.75, 3.05) is 13.2 Å². The number of thioether (sulfide) groups is 1. The van der Waals surface area contributed by atoms with Gasteiger partial charge in [0.05, 0.1) is 24.3 Å². The molecule has 142 valence electrons. The van der Waals surface area contributed by atoms with E-state index in [0.29, 0.717) is 5.56 Å². The predicted molar refractivity (Wildman–Crippen MR) is 89.3 cm³/mol. The Labute approximate surface area is 154 Å². The maximum Gasteiger partial charge on any atom is 0.340 e. The predicted octanol–water partition coefficient (Wildman–Crippen LogP) is -0.670. The molecule has 10 heteroatoms. The molecular weight excluding hydrogens is 364 g/mol. The Morgan fingerprint density at radius 3 is 2.65 bits per heavy atom. The molecule has 0 aliphatic carbocycles. The van der Waals surface area contributed by atoms with Crippen LogP contribution in [-0.2, 0) is 9.47 Å². The van der Waals surface area contributed by atoms with Crippen molar-refractivity contribution in [3.63, 3.8) is 0 Å². The van der Waals surface area contributed by atoms with E-state index < -0.39 is 42.4 Å². The zero-order chi connectivity index (χ0) is 19.4. The standard InChI is InChI=1S/C16H20N2O7S/c1-3-24-15(23)9-5-18-14(8(4-17)7(9)2)26-16-13(22)12(21)11(20)10(6-19)25-16/h5,10-13,16,19-22H,3,6H2,1-2H3/t10-,11-,12+,13-,16+/m1/s1. The second-order valence-corrected chi connectivity index (χ2v) is 6.71. The number of esters is 1. The summed E-state index contributed by atoms with van der Waals surface area (Å²) < 4.78 is 10.3. The van der Waals surface area contributed by atoms with Crippen LogP contribution in [0.25, 0.3) is 0 Å². The van der Waals surface area contributed by atoms with E-state index in [1.54, 1.807) is 13.8 Å². The van der Waals surface area contributed by atoms with E-state index >= 15 is 0 Å². The first-order chi connectivity index (χ1) is 12.3. The summed E-state index contributed by atoms with van der Waals surface area (Å²) >= 11 is 0.857. The van der Waals surface area contributed by atoms with Crippen molar-refractivity contribution < 1.29 is 34.7 Å². The van der Waals surface area contributed by atoms with Crippen LogP contribution < -0.4 is 0 Å². The fourth-order valence-corrected chi connectivity index (χ4v) is 3.64. The lowest BCUT2D eigenvalue weighted by molar-refractivity contribution is -0.205. The lowest BCUT2D eigenvalue weighted by Gasteiger charge is -2.39. The Morgan fingerprint density at radius 1 is 1.38 bits per heavy atom. The Balaban J connectivity index is 2.30. The van der Waals surface area contributed by atoms with Crippen LogP contribution in [0, 0.1) is 18.3 Å². The minimum absolute atomic E-state index is 0.109. The zero-order valence-electron chi connectivity index (χ0n) is 14.2. The molecule has 26 heavy (non-hydrogen) atoms. The number of rotatable bonds is 5. The first-order valence-corrected chi connectivity index (χ1v) is 8.77. The van der Waals surface area contributed by atoms with Crippen LogP contribution in [-0.4, -0.2) is 74.4 Å². The second-order valence-electron chi connectivity index (χ2n) is 5.62. The molecule has 0 unspecified atom stereocenters. The molecule has 9 nitrogen and oxygen atoms in total. The van der Waals surface area contributed by atoms with Gasteiger partial charge in [-0.2, -0.15) is 5.26 Å². The van der Waals surface area contributed by atoms with Gasteiger partial charge in [0, 0.05) is 6.20 Å². The number of aliphatic hydroxyl groups is 4. The van der Waals surface area contributed by atoms with Gasteiger partial charge in [0.1, 0.15) is 40.9 Å². The number of hydrogen-bond acceptors (Lipinski definition) is 10. The summed E-state index contributed by atoms with van der Waals surface area (Å²) in [5.74, 6) is -0.599. The van der Waals surface area contributed by atoms with Crippen molar-refractivity contribution in [3.05, 3.63) is 22.9 Å². The van der Waals surface area contributed by atoms with Crippen molar-refractivity contribution in [1.82, 2.24) is 4.98 Å². The van der Waals surface area contributed by atoms with E-state index in [9.17, 15) is 30.5 Å². The number of aliphatic hydroxyl groups excluding tert-OH is 4. The molecule has 0 amide bonds. The lowest BCUT2D eigenvalue weighted by atomic mass is 10.0. The molecule has 2 heterocycles. The van der Waals surface area contributed by atoms with Crippen LogP contribution in [0.1, 0.15) is 28.4 Å². The van der Waals surface area contributed by atoms with Crippen LogP contribution in [0.4, 0.5) is 0 Å². The highest BCUT2D eigenvalue weighted by atomic mass is 32.2. The van der Waals surface area contributed by atoms with Gasteiger partial charge < -0.3 is 29.9 Å². The topological polar surface area (TPSA) is 153 Å². The van der Waals surface area contributed by atoms with Crippen molar-refractivity contribution in [3.8, 4) is 6.07 Å². The van der Waals surface area contributed by atoms with Crippen molar-refractivity contribution in [2.24, 2.45) is 0 Å². The number of hydrogen-bond donors (Lipinski definition) is 4. The van der Waals surface area contributed by atoms with Gasteiger partial charge in [-0.05, 0) is 19.4 Å². The molecule has 1 saturated heterocycles. The van der Waals surface area contributed by atoms with Gasteiger partial charge in [-0.25, -0.2) is 9.78 Å². The van der Waals surface area contributed by atoms with Crippen LogP contribution in [0.2, 0.25) is 0 Å². The molecule has 0 spiro atoms. The molecule has 0 saturated carbocycles. The number of nitriles is 1. The Hall–Kier alpha value is -1.74. The van der Waals surface area contributed by atoms with Gasteiger partial charge in [0.25, 0.3) is 0 Å². The Bertz CT molecular complexity index is 707. The molecule has 1 aliphatic rings. The van der Waals surface area contributed by atoms with E-state index in [1.807, 2.05) is 6.07 Å². The Morgan fingerprint density at radius 2 is 2.08 bits per heavy atom. The first-order valence-electron chi connectivity index (χ1n) is 7.89. The summed E-state index contributed by atoms with van der Waals surface area (Å²) in [5, 5.41) is 48.6. The van der Waals surface area contributed by atoms with Crippen LogP contribution >= 0.6 is 11.8 Å². The van der Waals surface area contributed by atoms with Gasteiger partial charge in [-0.3, -0.25) is 0 Å². The quantitative estimate of drug-likeness (QED) is 0.481. The van der Waals surface area contributed by atoms with Crippen LogP contribution in [0.5, 0.6) is 0 Å². The molecule has 1 fully saturated rings. The van der Waals surface area contributed by atoms with E-state index in [0.717, 1.165) is 11.8 Å². The van der Waals surface area contributed by atoms with E-state index in [1.165, 1.54) is 6.20 Å². The fraction of sp³-hybridized carbons (Fsp3) is 0.562. The highest BCUT2D eigenvalue weighted by Gasteiger charge is 2.44. The number of ether oxygens (including phenoxy) is 2. The van der Waals surface area contributed by atoms with Gasteiger partial charge in [-0.1, -0.05) is 11.8 Å². The number of carbonyl (C=O) groups excluding carboxylic acids is 1. The normalized spacial score (nSPS) is 28.4. The highest BCUT2D eigenvalue weighted by molar-refractivity contribution is 7.99. The molecule has 1 aliphatic heterocycles. The highest BCUT2D eigenvalue weighted by Crippen LogP contribution is 2.35. The van der Waals surface area contributed by atoms with Gasteiger partial charge in [0.15, 0.2) is 0 Å². The van der Waals surface area contributed by atoms with E-state index in [2.05, 4.69) is 4.98 Å². The average molecular weight is 384 g/mol. The average Bonchev–Trinajstić information content (AvgIpc) is 2.62.